The number of nitrogen functional groups attached to an aromatic ring is 1. The molecule has 0 bridgehead atoms. The van der Waals surface area contributed by atoms with E-state index in [9.17, 15) is 0 Å². The molecule has 17 heavy (non-hydrogen) atoms. The molecule has 0 aliphatic carbocycles. The van der Waals surface area contributed by atoms with Crippen LogP contribution in [0.1, 0.15) is 18.4 Å². The van der Waals surface area contributed by atoms with E-state index >= 15 is 0 Å². The fourth-order valence-electron chi connectivity index (χ4n) is 2.74. The average Bonchev–Trinajstić information content (AvgIpc) is 2.63. The van der Waals surface area contributed by atoms with Gasteiger partial charge >= 0.3 is 0 Å². The van der Waals surface area contributed by atoms with Gasteiger partial charge in [0.25, 0.3) is 0 Å². The third kappa shape index (κ3) is 2.91. The number of hydrogen-bond acceptors (Lipinski definition) is 3. The number of anilines is 2. The molecule has 1 fully saturated rings. The van der Waals surface area contributed by atoms with E-state index in [2.05, 4.69) is 43.0 Å². The molecular weight excluding hydrogens is 210 g/mol. The van der Waals surface area contributed by atoms with E-state index in [0.717, 1.165) is 18.8 Å². The Morgan fingerprint density at radius 3 is 2.76 bits per heavy atom. The number of hydrogen-bond donors (Lipinski definition) is 1. The minimum atomic E-state index is 0.631. The Morgan fingerprint density at radius 1 is 1.35 bits per heavy atom. The Hall–Kier alpha value is -1.22. The highest BCUT2D eigenvalue weighted by molar-refractivity contribution is 5.59. The van der Waals surface area contributed by atoms with Crippen molar-refractivity contribution in [2.24, 2.45) is 0 Å². The zero-order valence-electron chi connectivity index (χ0n) is 11.1. The average molecular weight is 233 g/mol. The van der Waals surface area contributed by atoms with Crippen molar-refractivity contribution in [3.05, 3.63) is 23.8 Å². The normalized spacial score (nSPS) is 20.2. The zero-order valence-corrected chi connectivity index (χ0v) is 11.1. The molecule has 1 saturated heterocycles. The van der Waals surface area contributed by atoms with Crippen LogP contribution in [0.4, 0.5) is 11.4 Å². The van der Waals surface area contributed by atoms with Crippen LogP contribution < -0.4 is 10.6 Å². The van der Waals surface area contributed by atoms with Crippen LogP contribution in [0, 0.1) is 6.92 Å². The predicted octanol–water partition coefficient (Wildman–Crippen LogP) is 2.11. The van der Waals surface area contributed by atoms with Gasteiger partial charge in [0.05, 0.1) is 0 Å². The van der Waals surface area contributed by atoms with E-state index in [0.29, 0.717) is 6.04 Å². The van der Waals surface area contributed by atoms with Crippen molar-refractivity contribution < 1.29 is 0 Å². The van der Waals surface area contributed by atoms with Crippen molar-refractivity contribution in [1.29, 1.82) is 0 Å². The van der Waals surface area contributed by atoms with Crippen LogP contribution >= 0.6 is 0 Å². The van der Waals surface area contributed by atoms with Gasteiger partial charge in [-0.15, -0.1) is 0 Å². The maximum absolute atomic E-state index is 5.94. The van der Waals surface area contributed by atoms with E-state index in [1.54, 1.807) is 0 Å². The number of nitrogens with two attached hydrogens (primary N) is 1. The summed E-state index contributed by atoms with van der Waals surface area (Å²) in [6.07, 6.45) is 2.57. The Kier molecular flexibility index (Phi) is 3.57. The fraction of sp³-hybridized carbons (Fsp3) is 0.571. The summed E-state index contributed by atoms with van der Waals surface area (Å²) >= 11 is 0. The Bertz CT molecular complexity index is 367. The van der Waals surface area contributed by atoms with Crippen molar-refractivity contribution in [2.45, 2.75) is 25.8 Å². The SMILES string of the molecule is Cc1cc(N)cc(N2CCCC2CN(C)C)c1. The molecule has 0 radical (unpaired) electrons. The molecule has 1 aromatic rings. The molecule has 3 heteroatoms. The summed E-state index contributed by atoms with van der Waals surface area (Å²) in [5.74, 6) is 0. The summed E-state index contributed by atoms with van der Waals surface area (Å²) in [6.45, 7) is 4.38. The van der Waals surface area contributed by atoms with Gasteiger partial charge in [0.2, 0.25) is 0 Å². The van der Waals surface area contributed by atoms with Gasteiger partial charge in [-0.25, -0.2) is 0 Å². The molecule has 1 aliphatic heterocycles. The lowest BCUT2D eigenvalue weighted by Gasteiger charge is -2.29. The lowest BCUT2D eigenvalue weighted by molar-refractivity contribution is 0.372. The summed E-state index contributed by atoms with van der Waals surface area (Å²) in [7, 11) is 4.28. The van der Waals surface area contributed by atoms with Crippen LogP contribution in [0.3, 0.4) is 0 Å². The van der Waals surface area contributed by atoms with Gasteiger partial charge in [0.15, 0.2) is 0 Å². The van der Waals surface area contributed by atoms with Gasteiger partial charge in [-0.05, 0) is 57.6 Å². The lowest BCUT2D eigenvalue weighted by Crippen LogP contribution is -2.37. The Morgan fingerprint density at radius 2 is 2.12 bits per heavy atom. The highest BCUT2D eigenvalue weighted by Gasteiger charge is 2.25. The molecular formula is C14H23N3. The molecule has 1 atom stereocenters. The fourth-order valence-corrected chi connectivity index (χ4v) is 2.74. The van der Waals surface area contributed by atoms with Crippen molar-refractivity contribution in [3.63, 3.8) is 0 Å². The molecule has 1 heterocycles. The van der Waals surface area contributed by atoms with Gasteiger partial charge in [-0.2, -0.15) is 0 Å². The van der Waals surface area contributed by atoms with Crippen LogP contribution in [0.15, 0.2) is 18.2 Å². The molecule has 0 aromatic heterocycles. The van der Waals surface area contributed by atoms with E-state index in [1.807, 2.05) is 6.07 Å². The zero-order chi connectivity index (χ0) is 12.4. The number of likely N-dealkylation sites (N-methyl/N-ethyl adjacent to an activating group) is 1. The Labute approximate surface area is 104 Å². The van der Waals surface area contributed by atoms with Crippen LogP contribution in [-0.4, -0.2) is 38.1 Å². The van der Waals surface area contributed by atoms with Gasteiger partial charge in [0.1, 0.15) is 0 Å². The van der Waals surface area contributed by atoms with Gasteiger partial charge in [0, 0.05) is 30.5 Å². The minimum absolute atomic E-state index is 0.631. The molecule has 2 rings (SSSR count). The minimum Gasteiger partial charge on any atom is -0.399 e. The summed E-state index contributed by atoms with van der Waals surface area (Å²) < 4.78 is 0. The third-order valence-electron chi connectivity index (χ3n) is 3.37. The highest BCUT2D eigenvalue weighted by atomic mass is 15.2. The summed E-state index contributed by atoms with van der Waals surface area (Å²) in [6, 6.07) is 7.00. The molecule has 2 N–H and O–H groups in total. The van der Waals surface area contributed by atoms with Crippen molar-refractivity contribution in [1.82, 2.24) is 4.90 Å². The molecule has 94 valence electrons. The van der Waals surface area contributed by atoms with Crippen LogP contribution in [0.2, 0.25) is 0 Å². The quantitative estimate of drug-likeness (QED) is 0.812. The Balaban J connectivity index is 2.19. The first-order valence-corrected chi connectivity index (χ1v) is 6.35. The summed E-state index contributed by atoms with van der Waals surface area (Å²) in [4.78, 5) is 4.77. The van der Waals surface area contributed by atoms with Gasteiger partial charge in [-0.1, -0.05) is 0 Å². The smallest absolute Gasteiger partial charge is 0.0417 e. The third-order valence-corrected chi connectivity index (χ3v) is 3.37. The molecule has 0 spiro atoms. The second kappa shape index (κ2) is 4.96. The van der Waals surface area contributed by atoms with E-state index in [4.69, 9.17) is 5.73 Å². The van der Waals surface area contributed by atoms with Crippen molar-refractivity contribution in [3.8, 4) is 0 Å². The van der Waals surface area contributed by atoms with Crippen LogP contribution in [-0.2, 0) is 0 Å². The standard InChI is InChI=1S/C14H23N3/c1-11-7-12(15)9-14(8-11)17-6-4-5-13(17)10-16(2)3/h7-9,13H,4-6,10,15H2,1-3H3. The topological polar surface area (TPSA) is 32.5 Å². The highest BCUT2D eigenvalue weighted by Crippen LogP contribution is 2.28. The lowest BCUT2D eigenvalue weighted by atomic mass is 10.1. The first-order chi connectivity index (χ1) is 8.06. The number of nitrogens with zero attached hydrogens (tertiary/aromatic N) is 2. The monoisotopic (exact) mass is 233 g/mol. The summed E-state index contributed by atoms with van der Waals surface area (Å²) in [5.41, 5.74) is 9.34. The second-order valence-corrected chi connectivity index (χ2v) is 5.35. The second-order valence-electron chi connectivity index (χ2n) is 5.35. The van der Waals surface area contributed by atoms with Gasteiger partial charge in [-0.3, -0.25) is 0 Å². The van der Waals surface area contributed by atoms with E-state index in [-0.39, 0.29) is 0 Å². The maximum atomic E-state index is 5.94. The summed E-state index contributed by atoms with van der Waals surface area (Å²) in [5, 5.41) is 0. The number of aryl methyl sites for hydroxylation is 1. The van der Waals surface area contributed by atoms with Crippen LogP contribution in [0.5, 0.6) is 0 Å². The van der Waals surface area contributed by atoms with E-state index in [1.165, 1.54) is 24.1 Å². The van der Waals surface area contributed by atoms with E-state index < -0.39 is 0 Å². The number of rotatable bonds is 3. The first kappa shape index (κ1) is 12.2. The molecule has 0 saturated carbocycles. The molecule has 3 nitrogen and oxygen atoms in total. The largest absolute Gasteiger partial charge is 0.399 e. The first-order valence-electron chi connectivity index (χ1n) is 6.35. The van der Waals surface area contributed by atoms with Crippen molar-refractivity contribution in [2.75, 3.05) is 37.8 Å². The van der Waals surface area contributed by atoms with Gasteiger partial charge < -0.3 is 15.5 Å². The number of benzene rings is 1. The molecule has 1 aliphatic rings. The maximum Gasteiger partial charge on any atom is 0.0417 e. The van der Waals surface area contributed by atoms with Crippen LogP contribution in [0.25, 0.3) is 0 Å². The van der Waals surface area contributed by atoms with Crippen molar-refractivity contribution >= 4 is 11.4 Å². The molecule has 0 amide bonds. The molecule has 1 aromatic carbocycles. The predicted molar refractivity (Wildman–Crippen MR) is 74.5 cm³/mol. The molecule has 1 unspecified atom stereocenters.